The van der Waals surface area contributed by atoms with Crippen molar-refractivity contribution in [3.63, 3.8) is 0 Å². The second-order valence-corrected chi connectivity index (χ2v) is 8.54. The van der Waals surface area contributed by atoms with E-state index in [2.05, 4.69) is 4.98 Å². The van der Waals surface area contributed by atoms with E-state index in [1.54, 1.807) is 30.3 Å². The number of aromatic nitrogens is 1. The molecule has 0 aliphatic carbocycles. The summed E-state index contributed by atoms with van der Waals surface area (Å²) in [5.41, 5.74) is 3.72. The van der Waals surface area contributed by atoms with Crippen molar-refractivity contribution in [1.29, 1.82) is 0 Å². The van der Waals surface area contributed by atoms with Crippen LogP contribution < -0.4 is 0 Å². The highest BCUT2D eigenvalue weighted by atomic mass is 19.2. The van der Waals surface area contributed by atoms with Crippen molar-refractivity contribution in [3.05, 3.63) is 107 Å². The van der Waals surface area contributed by atoms with Gasteiger partial charge < -0.3 is 10.2 Å². The van der Waals surface area contributed by atoms with Crippen molar-refractivity contribution >= 4 is 0 Å². The van der Waals surface area contributed by atoms with E-state index in [9.17, 15) is 23.4 Å². The van der Waals surface area contributed by atoms with Crippen LogP contribution in [-0.4, -0.2) is 15.2 Å². The average molecular weight is 478 g/mol. The van der Waals surface area contributed by atoms with Gasteiger partial charge in [0.05, 0.1) is 11.8 Å². The first kappa shape index (κ1) is 24.5. The molecule has 1 aromatic heterocycles. The largest absolute Gasteiger partial charge is 0.505 e. The van der Waals surface area contributed by atoms with Gasteiger partial charge in [0.1, 0.15) is 0 Å². The maximum atomic E-state index is 14.9. The zero-order valence-electron chi connectivity index (χ0n) is 19.3. The number of phenols is 1. The van der Waals surface area contributed by atoms with Gasteiger partial charge >= 0.3 is 0 Å². The van der Waals surface area contributed by atoms with Crippen LogP contribution in [0.25, 0.3) is 22.3 Å². The number of aromatic hydroxyl groups is 1. The number of benzene rings is 3. The lowest BCUT2D eigenvalue weighted by Crippen LogP contribution is -2.01. The quantitative estimate of drug-likeness (QED) is 0.283. The molecule has 180 valence electrons. The standard InChI is InChI=1S/C29H26F3NO2/c1-2-3-27(35)25-14-11-22(17-33-25)23-13-10-20(28(31)29(23)32)9-6-18-4-7-19(8-5-18)21-12-15-26(34)24(30)16-21/h4-5,7-8,10-17,27,34-35H,2-3,6,9H2,1H3. The van der Waals surface area contributed by atoms with Crippen LogP contribution in [0, 0.1) is 17.5 Å². The molecular weight excluding hydrogens is 451 g/mol. The van der Waals surface area contributed by atoms with Gasteiger partial charge in [-0.05, 0) is 59.7 Å². The average Bonchev–Trinajstić information content (AvgIpc) is 2.87. The van der Waals surface area contributed by atoms with E-state index in [4.69, 9.17) is 0 Å². The van der Waals surface area contributed by atoms with E-state index in [1.807, 2.05) is 31.2 Å². The molecular formula is C29H26F3NO2. The number of hydrogen-bond donors (Lipinski definition) is 2. The van der Waals surface area contributed by atoms with Crippen molar-refractivity contribution in [2.45, 2.75) is 38.7 Å². The van der Waals surface area contributed by atoms with Gasteiger partial charge in [-0.2, -0.15) is 0 Å². The Kier molecular flexibility index (Phi) is 7.51. The minimum Gasteiger partial charge on any atom is -0.505 e. The Morgan fingerprint density at radius 3 is 2.17 bits per heavy atom. The summed E-state index contributed by atoms with van der Waals surface area (Å²) in [4.78, 5) is 4.21. The lowest BCUT2D eigenvalue weighted by molar-refractivity contribution is 0.162. The summed E-state index contributed by atoms with van der Waals surface area (Å²) in [6.45, 7) is 1.96. The smallest absolute Gasteiger partial charge is 0.166 e. The Labute approximate surface area is 202 Å². The summed E-state index contributed by atoms with van der Waals surface area (Å²) in [6.07, 6.45) is 3.00. The number of aliphatic hydroxyl groups excluding tert-OH is 1. The first-order valence-corrected chi connectivity index (χ1v) is 11.6. The fraction of sp³-hybridized carbons (Fsp3) is 0.207. The monoisotopic (exact) mass is 477 g/mol. The van der Waals surface area contributed by atoms with Crippen LogP contribution in [0.3, 0.4) is 0 Å². The highest BCUT2D eigenvalue weighted by Gasteiger charge is 2.16. The van der Waals surface area contributed by atoms with Gasteiger partial charge in [-0.3, -0.25) is 4.98 Å². The summed E-state index contributed by atoms with van der Waals surface area (Å²) < 4.78 is 43.3. The number of aryl methyl sites for hydroxylation is 2. The predicted octanol–water partition coefficient (Wildman–Crippen LogP) is 7.16. The van der Waals surface area contributed by atoms with E-state index in [-0.39, 0.29) is 11.1 Å². The SMILES string of the molecule is CCCC(O)c1ccc(-c2ccc(CCc3ccc(-c4ccc(O)c(F)c4)cc3)c(F)c2F)cn1. The molecule has 0 saturated heterocycles. The molecule has 6 heteroatoms. The van der Waals surface area contributed by atoms with E-state index in [1.165, 1.54) is 18.3 Å². The first-order chi connectivity index (χ1) is 16.9. The first-order valence-electron chi connectivity index (χ1n) is 11.6. The molecule has 0 aliphatic heterocycles. The molecule has 4 aromatic rings. The second-order valence-electron chi connectivity index (χ2n) is 8.54. The van der Waals surface area contributed by atoms with Gasteiger partial charge in [0.25, 0.3) is 0 Å². The van der Waals surface area contributed by atoms with Crippen LogP contribution in [0.5, 0.6) is 5.75 Å². The molecule has 0 spiro atoms. The highest BCUT2D eigenvalue weighted by Crippen LogP contribution is 2.29. The van der Waals surface area contributed by atoms with E-state index in [0.29, 0.717) is 36.1 Å². The topological polar surface area (TPSA) is 53.4 Å². The van der Waals surface area contributed by atoms with E-state index >= 15 is 0 Å². The molecule has 35 heavy (non-hydrogen) atoms. The Hall–Kier alpha value is -3.64. The van der Waals surface area contributed by atoms with E-state index < -0.39 is 29.3 Å². The van der Waals surface area contributed by atoms with Crippen molar-refractivity contribution in [2.24, 2.45) is 0 Å². The minimum atomic E-state index is -0.920. The summed E-state index contributed by atoms with van der Waals surface area (Å²) in [7, 11) is 0. The second kappa shape index (κ2) is 10.7. The molecule has 1 heterocycles. The number of halogens is 3. The van der Waals surface area contributed by atoms with Crippen LogP contribution >= 0.6 is 0 Å². The number of aliphatic hydroxyl groups is 1. The molecule has 0 fully saturated rings. The number of phenolic OH excluding ortho intramolecular Hbond substituents is 1. The van der Waals surface area contributed by atoms with Gasteiger partial charge in [0.15, 0.2) is 23.2 Å². The molecule has 0 aliphatic rings. The maximum Gasteiger partial charge on any atom is 0.166 e. The number of rotatable bonds is 8. The lowest BCUT2D eigenvalue weighted by atomic mass is 9.98. The Bertz CT molecular complexity index is 1310. The van der Waals surface area contributed by atoms with Gasteiger partial charge in [-0.15, -0.1) is 0 Å². The third-order valence-electron chi connectivity index (χ3n) is 6.08. The Balaban J connectivity index is 1.45. The summed E-state index contributed by atoms with van der Waals surface area (Å²) in [5.74, 6) is -2.89. The van der Waals surface area contributed by atoms with Crippen molar-refractivity contribution in [3.8, 4) is 28.0 Å². The molecule has 2 N–H and O–H groups in total. The van der Waals surface area contributed by atoms with Gasteiger partial charge in [-0.25, -0.2) is 13.2 Å². The molecule has 0 saturated carbocycles. The summed E-state index contributed by atoms with van der Waals surface area (Å²) >= 11 is 0. The van der Waals surface area contributed by atoms with Gasteiger partial charge in [0.2, 0.25) is 0 Å². The molecule has 0 radical (unpaired) electrons. The Morgan fingerprint density at radius 2 is 1.51 bits per heavy atom. The van der Waals surface area contributed by atoms with Crippen LogP contribution in [-0.2, 0) is 12.8 Å². The zero-order chi connectivity index (χ0) is 24.9. The fourth-order valence-electron chi connectivity index (χ4n) is 4.02. The fourth-order valence-corrected chi connectivity index (χ4v) is 4.02. The molecule has 0 amide bonds. The molecule has 3 aromatic carbocycles. The molecule has 0 bridgehead atoms. The van der Waals surface area contributed by atoms with Crippen molar-refractivity contribution in [2.75, 3.05) is 0 Å². The highest BCUT2D eigenvalue weighted by molar-refractivity contribution is 5.65. The van der Waals surface area contributed by atoms with Crippen LogP contribution in [0.1, 0.15) is 42.7 Å². The summed E-state index contributed by atoms with van der Waals surface area (Å²) in [5, 5.41) is 19.4. The lowest BCUT2D eigenvalue weighted by Gasteiger charge is -2.11. The normalized spacial score (nSPS) is 12.0. The van der Waals surface area contributed by atoms with Crippen LogP contribution in [0.4, 0.5) is 13.2 Å². The predicted molar refractivity (Wildman–Crippen MR) is 130 cm³/mol. The number of pyridine rings is 1. The third-order valence-corrected chi connectivity index (χ3v) is 6.08. The molecule has 1 atom stereocenters. The van der Waals surface area contributed by atoms with Crippen molar-refractivity contribution in [1.82, 2.24) is 4.98 Å². The van der Waals surface area contributed by atoms with Crippen molar-refractivity contribution < 1.29 is 23.4 Å². The summed E-state index contributed by atoms with van der Waals surface area (Å²) in [6, 6.07) is 18.0. The zero-order valence-corrected chi connectivity index (χ0v) is 19.3. The molecule has 3 nitrogen and oxygen atoms in total. The molecule has 1 unspecified atom stereocenters. The van der Waals surface area contributed by atoms with Gasteiger partial charge in [0, 0.05) is 17.3 Å². The number of hydrogen-bond acceptors (Lipinski definition) is 3. The maximum absolute atomic E-state index is 14.9. The minimum absolute atomic E-state index is 0.126. The molecule has 4 rings (SSSR count). The third kappa shape index (κ3) is 5.54. The van der Waals surface area contributed by atoms with Crippen LogP contribution in [0.2, 0.25) is 0 Å². The number of nitrogens with zero attached hydrogens (tertiary/aromatic N) is 1. The van der Waals surface area contributed by atoms with Crippen LogP contribution in [0.15, 0.2) is 72.9 Å². The Morgan fingerprint density at radius 1 is 0.800 bits per heavy atom. The van der Waals surface area contributed by atoms with Gasteiger partial charge in [-0.1, -0.05) is 61.9 Å². The van der Waals surface area contributed by atoms with E-state index in [0.717, 1.165) is 17.5 Å².